The molecular formula is C14H21NO3. The molecule has 0 bridgehead atoms. The van der Waals surface area contributed by atoms with Crippen LogP contribution in [0.5, 0.6) is 5.75 Å². The summed E-state index contributed by atoms with van der Waals surface area (Å²) in [5, 5.41) is 10.9. The van der Waals surface area contributed by atoms with Crippen molar-refractivity contribution in [2.24, 2.45) is 0 Å². The topological polar surface area (TPSA) is 58.6 Å². The number of ether oxygens (including phenoxy) is 1. The maximum Gasteiger partial charge on any atom is 0.404 e. The molecule has 0 aliphatic heterocycles. The van der Waals surface area contributed by atoms with Crippen molar-refractivity contribution in [3.8, 4) is 5.75 Å². The highest BCUT2D eigenvalue weighted by Gasteiger charge is 2.19. The van der Waals surface area contributed by atoms with E-state index < -0.39 is 6.09 Å². The molecule has 0 heterocycles. The molecule has 0 saturated heterocycles. The lowest BCUT2D eigenvalue weighted by Gasteiger charge is -2.23. The van der Waals surface area contributed by atoms with Crippen LogP contribution in [0.25, 0.3) is 0 Å². The van der Waals surface area contributed by atoms with Crippen LogP contribution in [0.15, 0.2) is 18.2 Å². The van der Waals surface area contributed by atoms with Gasteiger partial charge in [-0.3, -0.25) is 0 Å². The Labute approximate surface area is 108 Å². The molecule has 0 saturated carbocycles. The fraction of sp³-hybridized carbons (Fsp3) is 0.500. The summed E-state index contributed by atoms with van der Waals surface area (Å²) in [5.41, 5.74) is 2.24. The maximum atomic E-state index is 10.4. The van der Waals surface area contributed by atoms with Gasteiger partial charge in [0.25, 0.3) is 0 Å². The fourth-order valence-corrected chi connectivity index (χ4v) is 1.81. The van der Waals surface area contributed by atoms with Gasteiger partial charge in [0.15, 0.2) is 0 Å². The molecule has 1 aromatic rings. The van der Waals surface area contributed by atoms with Gasteiger partial charge < -0.3 is 15.2 Å². The summed E-state index contributed by atoms with van der Waals surface area (Å²) in [7, 11) is 1.66. The van der Waals surface area contributed by atoms with Crippen LogP contribution in [-0.4, -0.2) is 24.9 Å². The Morgan fingerprint density at radius 2 is 2.06 bits per heavy atom. The second-order valence-electron chi connectivity index (χ2n) is 5.27. The Hall–Kier alpha value is -1.71. The van der Waals surface area contributed by atoms with E-state index in [2.05, 4.69) is 32.2 Å². The highest BCUT2D eigenvalue weighted by atomic mass is 16.5. The zero-order chi connectivity index (χ0) is 13.8. The zero-order valence-electron chi connectivity index (χ0n) is 11.4. The highest BCUT2D eigenvalue weighted by molar-refractivity contribution is 5.64. The molecular weight excluding hydrogens is 230 g/mol. The van der Waals surface area contributed by atoms with Gasteiger partial charge in [0.05, 0.1) is 7.11 Å². The minimum atomic E-state index is -0.987. The molecule has 1 aromatic carbocycles. The number of carboxylic acid groups (broad SMARTS) is 1. The molecule has 4 heteroatoms. The summed E-state index contributed by atoms with van der Waals surface area (Å²) < 4.78 is 5.36. The quantitative estimate of drug-likeness (QED) is 0.865. The first kappa shape index (κ1) is 14.4. The molecule has 0 unspecified atom stereocenters. The van der Waals surface area contributed by atoms with Crippen molar-refractivity contribution < 1.29 is 14.6 Å². The summed E-state index contributed by atoms with van der Waals surface area (Å²) in [6.07, 6.45) is -0.307. The van der Waals surface area contributed by atoms with Gasteiger partial charge in [0, 0.05) is 6.54 Å². The van der Waals surface area contributed by atoms with E-state index in [4.69, 9.17) is 9.84 Å². The summed E-state index contributed by atoms with van der Waals surface area (Å²) in [4.78, 5) is 10.4. The highest BCUT2D eigenvalue weighted by Crippen LogP contribution is 2.31. The number of amides is 1. The smallest absolute Gasteiger partial charge is 0.404 e. The Bertz CT molecular complexity index is 422. The van der Waals surface area contributed by atoms with E-state index in [1.165, 1.54) is 0 Å². The maximum absolute atomic E-state index is 10.4. The summed E-state index contributed by atoms with van der Waals surface area (Å²) in [6, 6.07) is 6.00. The van der Waals surface area contributed by atoms with Crippen molar-refractivity contribution in [1.29, 1.82) is 0 Å². The van der Waals surface area contributed by atoms with Crippen molar-refractivity contribution in [2.45, 2.75) is 32.6 Å². The Morgan fingerprint density at radius 3 is 2.56 bits per heavy atom. The molecule has 1 rings (SSSR count). The lowest BCUT2D eigenvalue weighted by Crippen LogP contribution is -2.23. The largest absolute Gasteiger partial charge is 0.496 e. The molecule has 0 aromatic heterocycles. The van der Waals surface area contributed by atoms with Crippen LogP contribution in [0.2, 0.25) is 0 Å². The SMILES string of the molecule is COc1ccc(CCNC(=O)O)cc1C(C)(C)C. The molecule has 4 nitrogen and oxygen atoms in total. The monoisotopic (exact) mass is 251 g/mol. The third-order valence-corrected chi connectivity index (χ3v) is 2.76. The van der Waals surface area contributed by atoms with E-state index in [1.54, 1.807) is 7.11 Å². The molecule has 1 amide bonds. The van der Waals surface area contributed by atoms with Crippen LogP contribution < -0.4 is 10.1 Å². The number of rotatable bonds is 4. The van der Waals surface area contributed by atoms with E-state index in [0.717, 1.165) is 16.9 Å². The average Bonchev–Trinajstić information content (AvgIpc) is 2.27. The van der Waals surface area contributed by atoms with Gasteiger partial charge in [-0.25, -0.2) is 4.79 Å². The molecule has 0 aliphatic rings. The summed E-state index contributed by atoms with van der Waals surface area (Å²) in [6.45, 7) is 6.81. The van der Waals surface area contributed by atoms with E-state index in [-0.39, 0.29) is 5.41 Å². The first-order valence-electron chi connectivity index (χ1n) is 5.99. The molecule has 2 N–H and O–H groups in total. The van der Waals surface area contributed by atoms with Gasteiger partial charge in [0.2, 0.25) is 0 Å². The zero-order valence-corrected chi connectivity index (χ0v) is 11.4. The summed E-state index contributed by atoms with van der Waals surface area (Å²) >= 11 is 0. The van der Waals surface area contributed by atoms with Gasteiger partial charge in [0.1, 0.15) is 5.75 Å². The number of nitrogens with one attached hydrogen (secondary N) is 1. The van der Waals surface area contributed by atoms with Gasteiger partial charge >= 0.3 is 6.09 Å². The standard InChI is InChI=1S/C14H21NO3/c1-14(2,3)11-9-10(5-6-12(11)18-4)7-8-15-13(16)17/h5-6,9,15H,7-8H2,1-4H3,(H,16,17). The van der Waals surface area contributed by atoms with Crippen LogP contribution in [0.3, 0.4) is 0 Å². The van der Waals surface area contributed by atoms with Gasteiger partial charge in [-0.15, -0.1) is 0 Å². The number of benzene rings is 1. The lowest BCUT2D eigenvalue weighted by molar-refractivity contribution is 0.194. The first-order chi connectivity index (χ1) is 8.34. The third-order valence-electron chi connectivity index (χ3n) is 2.76. The van der Waals surface area contributed by atoms with Crippen molar-refractivity contribution in [2.75, 3.05) is 13.7 Å². The van der Waals surface area contributed by atoms with Crippen LogP contribution in [0, 0.1) is 0 Å². The Balaban J connectivity index is 2.86. The Kier molecular flexibility index (Phi) is 4.59. The van der Waals surface area contributed by atoms with Gasteiger partial charge in [-0.1, -0.05) is 32.9 Å². The molecule has 0 spiro atoms. The predicted octanol–water partition coefficient (Wildman–Crippen LogP) is 2.80. The van der Waals surface area contributed by atoms with E-state index in [0.29, 0.717) is 13.0 Å². The number of hydrogen-bond donors (Lipinski definition) is 2. The minimum absolute atomic E-state index is 0.00157. The predicted molar refractivity (Wildman–Crippen MR) is 71.4 cm³/mol. The summed E-state index contributed by atoms with van der Waals surface area (Å²) in [5.74, 6) is 0.873. The minimum Gasteiger partial charge on any atom is -0.496 e. The first-order valence-corrected chi connectivity index (χ1v) is 5.99. The molecule has 18 heavy (non-hydrogen) atoms. The van der Waals surface area contributed by atoms with E-state index in [9.17, 15) is 4.79 Å². The molecule has 0 radical (unpaired) electrons. The van der Waals surface area contributed by atoms with Crippen molar-refractivity contribution in [1.82, 2.24) is 5.32 Å². The Morgan fingerprint density at radius 1 is 1.39 bits per heavy atom. The third kappa shape index (κ3) is 3.95. The second kappa shape index (κ2) is 5.76. The lowest BCUT2D eigenvalue weighted by atomic mass is 9.85. The van der Waals surface area contributed by atoms with Gasteiger partial charge in [-0.2, -0.15) is 0 Å². The molecule has 0 atom stereocenters. The number of hydrogen-bond acceptors (Lipinski definition) is 2. The average molecular weight is 251 g/mol. The van der Waals surface area contributed by atoms with Gasteiger partial charge in [-0.05, 0) is 29.0 Å². The van der Waals surface area contributed by atoms with Crippen LogP contribution in [0.1, 0.15) is 31.9 Å². The van der Waals surface area contributed by atoms with Crippen LogP contribution >= 0.6 is 0 Å². The van der Waals surface area contributed by atoms with E-state index in [1.807, 2.05) is 12.1 Å². The van der Waals surface area contributed by atoms with Crippen LogP contribution in [-0.2, 0) is 11.8 Å². The number of carbonyl (C=O) groups is 1. The normalized spacial score (nSPS) is 11.1. The van der Waals surface area contributed by atoms with Crippen molar-refractivity contribution >= 4 is 6.09 Å². The van der Waals surface area contributed by atoms with Crippen LogP contribution in [0.4, 0.5) is 4.79 Å². The molecule has 0 fully saturated rings. The van der Waals surface area contributed by atoms with Crippen molar-refractivity contribution in [3.05, 3.63) is 29.3 Å². The fourth-order valence-electron chi connectivity index (χ4n) is 1.81. The van der Waals surface area contributed by atoms with E-state index >= 15 is 0 Å². The van der Waals surface area contributed by atoms with Crippen molar-refractivity contribution in [3.63, 3.8) is 0 Å². The number of methoxy groups -OCH3 is 1. The molecule has 0 aliphatic carbocycles. The second-order valence-corrected chi connectivity index (χ2v) is 5.27. The molecule has 100 valence electrons.